The fourth-order valence-corrected chi connectivity index (χ4v) is 1.51. The Morgan fingerprint density at radius 2 is 2.06 bits per heavy atom. The topological polar surface area (TPSA) is 35.2 Å². The third-order valence-electron chi connectivity index (χ3n) is 2.86. The maximum Gasteiger partial charge on any atom is 0.130 e. The van der Waals surface area contributed by atoms with Gasteiger partial charge in [-0.25, -0.2) is 4.39 Å². The lowest BCUT2D eigenvalue weighted by Gasteiger charge is -2.15. The highest BCUT2D eigenvalue weighted by Crippen LogP contribution is 2.18. The summed E-state index contributed by atoms with van der Waals surface area (Å²) in [5.74, 6) is 0.769. The Balaban J connectivity index is 2.61. The Kier molecular flexibility index (Phi) is 4.74. The first-order chi connectivity index (χ1) is 7.54. The molecule has 0 aliphatic rings. The van der Waals surface area contributed by atoms with Crippen molar-refractivity contribution in [2.24, 2.45) is 11.7 Å². The first-order valence-corrected chi connectivity index (χ1v) is 5.62. The van der Waals surface area contributed by atoms with Gasteiger partial charge in [0, 0.05) is 12.1 Å². The zero-order valence-electron chi connectivity index (χ0n) is 10.2. The summed E-state index contributed by atoms with van der Waals surface area (Å²) < 4.78 is 18.5. The molecule has 0 amide bonds. The van der Waals surface area contributed by atoms with Crippen LogP contribution in [0, 0.1) is 11.7 Å². The van der Waals surface area contributed by atoms with Crippen molar-refractivity contribution in [1.82, 2.24) is 0 Å². The smallest absolute Gasteiger partial charge is 0.130 e. The highest BCUT2D eigenvalue weighted by Gasteiger charge is 2.10. The molecule has 0 bridgehead atoms. The molecule has 2 N–H and O–H groups in total. The SMILES string of the molecule is COc1ccc(CCC(N)C(C)C)c(F)c1. The maximum atomic E-state index is 13.6. The fraction of sp³-hybridized carbons (Fsp3) is 0.538. The highest BCUT2D eigenvalue weighted by atomic mass is 19.1. The summed E-state index contributed by atoms with van der Waals surface area (Å²) in [5.41, 5.74) is 6.63. The second kappa shape index (κ2) is 5.85. The molecule has 1 aromatic rings. The number of aryl methyl sites for hydroxylation is 1. The lowest BCUT2D eigenvalue weighted by Crippen LogP contribution is -2.26. The van der Waals surface area contributed by atoms with E-state index in [1.165, 1.54) is 13.2 Å². The van der Waals surface area contributed by atoms with E-state index in [9.17, 15) is 4.39 Å². The summed E-state index contributed by atoms with van der Waals surface area (Å²) in [6.45, 7) is 4.16. The molecule has 0 radical (unpaired) electrons. The van der Waals surface area contributed by atoms with Gasteiger partial charge in [0.25, 0.3) is 0 Å². The van der Waals surface area contributed by atoms with Gasteiger partial charge in [-0.3, -0.25) is 0 Å². The zero-order chi connectivity index (χ0) is 12.1. The van der Waals surface area contributed by atoms with Crippen LogP contribution in [0.3, 0.4) is 0 Å². The molecule has 1 rings (SSSR count). The van der Waals surface area contributed by atoms with Crippen LogP contribution in [0.2, 0.25) is 0 Å². The van der Waals surface area contributed by atoms with Gasteiger partial charge < -0.3 is 10.5 Å². The number of methoxy groups -OCH3 is 1. The van der Waals surface area contributed by atoms with E-state index in [2.05, 4.69) is 13.8 Å². The van der Waals surface area contributed by atoms with E-state index in [0.717, 1.165) is 6.42 Å². The summed E-state index contributed by atoms with van der Waals surface area (Å²) in [6, 6.07) is 5.08. The second-order valence-corrected chi connectivity index (χ2v) is 4.40. The summed E-state index contributed by atoms with van der Waals surface area (Å²) in [4.78, 5) is 0. The van der Waals surface area contributed by atoms with Gasteiger partial charge in [-0.05, 0) is 30.4 Å². The van der Waals surface area contributed by atoms with Crippen LogP contribution in [-0.2, 0) is 6.42 Å². The summed E-state index contributed by atoms with van der Waals surface area (Å²) in [5, 5.41) is 0. The van der Waals surface area contributed by atoms with Crippen LogP contribution in [0.5, 0.6) is 5.75 Å². The molecule has 0 spiro atoms. The molecular formula is C13H20FNO. The average molecular weight is 225 g/mol. The first kappa shape index (κ1) is 13.0. The van der Waals surface area contributed by atoms with Crippen molar-refractivity contribution in [2.75, 3.05) is 7.11 Å². The van der Waals surface area contributed by atoms with Crippen molar-refractivity contribution < 1.29 is 9.13 Å². The van der Waals surface area contributed by atoms with E-state index in [1.807, 2.05) is 0 Å². The molecular weight excluding hydrogens is 205 g/mol. The molecule has 0 heterocycles. The number of nitrogens with two attached hydrogens (primary N) is 1. The van der Waals surface area contributed by atoms with Crippen molar-refractivity contribution in [3.8, 4) is 5.75 Å². The van der Waals surface area contributed by atoms with Gasteiger partial charge in [0.2, 0.25) is 0 Å². The van der Waals surface area contributed by atoms with Crippen molar-refractivity contribution in [3.63, 3.8) is 0 Å². The minimum absolute atomic E-state index is 0.126. The van der Waals surface area contributed by atoms with Gasteiger partial charge in [0.15, 0.2) is 0 Å². The van der Waals surface area contributed by atoms with Crippen molar-refractivity contribution in [1.29, 1.82) is 0 Å². The summed E-state index contributed by atoms with van der Waals surface area (Å²) >= 11 is 0. The monoisotopic (exact) mass is 225 g/mol. The predicted octanol–water partition coefficient (Wildman–Crippen LogP) is 2.75. The van der Waals surface area contributed by atoms with Gasteiger partial charge in [-0.2, -0.15) is 0 Å². The van der Waals surface area contributed by atoms with Gasteiger partial charge in [0.05, 0.1) is 7.11 Å². The molecule has 90 valence electrons. The van der Waals surface area contributed by atoms with Gasteiger partial charge in [-0.1, -0.05) is 19.9 Å². The predicted molar refractivity (Wildman–Crippen MR) is 64.1 cm³/mol. The van der Waals surface area contributed by atoms with E-state index in [1.54, 1.807) is 12.1 Å². The normalized spacial score (nSPS) is 12.9. The fourth-order valence-electron chi connectivity index (χ4n) is 1.51. The van der Waals surface area contributed by atoms with Crippen LogP contribution in [0.15, 0.2) is 18.2 Å². The Bertz CT molecular complexity index is 339. The minimum Gasteiger partial charge on any atom is -0.497 e. The van der Waals surface area contributed by atoms with Gasteiger partial charge >= 0.3 is 0 Å². The molecule has 0 aliphatic carbocycles. The van der Waals surface area contributed by atoms with E-state index in [4.69, 9.17) is 10.5 Å². The maximum absolute atomic E-state index is 13.6. The van der Waals surface area contributed by atoms with E-state index < -0.39 is 0 Å². The summed E-state index contributed by atoms with van der Waals surface area (Å²) in [6.07, 6.45) is 1.48. The molecule has 2 nitrogen and oxygen atoms in total. The molecule has 0 fully saturated rings. The van der Waals surface area contributed by atoms with Crippen LogP contribution in [0.25, 0.3) is 0 Å². The summed E-state index contributed by atoms with van der Waals surface area (Å²) in [7, 11) is 1.53. The number of hydrogen-bond donors (Lipinski definition) is 1. The number of benzene rings is 1. The lowest BCUT2D eigenvalue weighted by molar-refractivity contribution is 0.410. The van der Waals surface area contributed by atoms with Crippen LogP contribution in [-0.4, -0.2) is 13.2 Å². The van der Waals surface area contributed by atoms with Crippen LogP contribution in [0.4, 0.5) is 4.39 Å². The average Bonchev–Trinajstić information content (AvgIpc) is 2.26. The molecule has 16 heavy (non-hydrogen) atoms. The molecule has 0 aromatic heterocycles. The number of hydrogen-bond acceptors (Lipinski definition) is 2. The third-order valence-corrected chi connectivity index (χ3v) is 2.86. The van der Waals surface area contributed by atoms with Crippen LogP contribution in [0.1, 0.15) is 25.8 Å². The highest BCUT2D eigenvalue weighted by molar-refractivity contribution is 5.28. The molecule has 1 unspecified atom stereocenters. The Labute approximate surface area is 96.6 Å². The minimum atomic E-state index is -0.213. The van der Waals surface area contributed by atoms with Gasteiger partial charge in [0.1, 0.15) is 11.6 Å². The largest absolute Gasteiger partial charge is 0.497 e. The molecule has 0 aliphatic heterocycles. The zero-order valence-corrected chi connectivity index (χ0v) is 10.2. The first-order valence-electron chi connectivity index (χ1n) is 5.62. The van der Waals surface area contributed by atoms with Crippen molar-refractivity contribution in [3.05, 3.63) is 29.6 Å². The number of halogens is 1. The molecule has 3 heteroatoms. The Morgan fingerprint density at radius 3 is 2.56 bits per heavy atom. The van der Waals surface area contributed by atoms with Crippen LogP contribution < -0.4 is 10.5 Å². The molecule has 1 atom stereocenters. The van der Waals surface area contributed by atoms with E-state index >= 15 is 0 Å². The second-order valence-electron chi connectivity index (χ2n) is 4.40. The molecule has 0 saturated carbocycles. The molecule has 1 aromatic carbocycles. The Hall–Kier alpha value is -1.09. The van der Waals surface area contributed by atoms with Gasteiger partial charge in [-0.15, -0.1) is 0 Å². The van der Waals surface area contributed by atoms with Crippen molar-refractivity contribution in [2.45, 2.75) is 32.7 Å². The number of rotatable bonds is 5. The van der Waals surface area contributed by atoms with Crippen LogP contribution >= 0.6 is 0 Å². The molecule has 0 saturated heterocycles. The standard InChI is InChI=1S/C13H20FNO/c1-9(2)13(15)7-5-10-4-6-11(16-3)8-12(10)14/h4,6,8-9,13H,5,7,15H2,1-3H3. The quantitative estimate of drug-likeness (QED) is 0.836. The van der Waals surface area contributed by atoms with E-state index in [0.29, 0.717) is 23.7 Å². The third kappa shape index (κ3) is 3.49. The van der Waals surface area contributed by atoms with Crippen molar-refractivity contribution >= 4 is 0 Å². The number of ether oxygens (including phenoxy) is 1. The lowest BCUT2D eigenvalue weighted by atomic mass is 9.97. The Morgan fingerprint density at radius 1 is 1.38 bits per heavy atom. The van der Waals surface area contributed by atoms with E-state index in [-0.39, 0.29) is 11.9 Å².